The maximum Gasteiger partial charge on any atom is 0.315 e. The molecular weight excluding hydrogens is 500 g/mol. The number of hydrogen-bond acceptors (Lipinski definition) is 4. The molecule has 1 aliphatic rings. The highest BCUT2D eigenvalue weighted by molar-refractivity contribution is 5.86. The van der Waals surface area contributed by atoms with Gasteiger partial charge in [-0.3, -0.25) is 4.79 Å². The zero-order valence-corrected chi connectivity index (χ0v) is 21.6. The number of nitrogens with one attached hydrogen (secondary N) is 2. The largest absolute Gasteiger partial charge is 0.343 e. The predicted octanol–water partition coefficient (Wildman–Crippen LogP) is 5.30. The van der Waals surface area contributed by atoms with Crippen LogP contribution >= 0.6 is 0 Å². The van der Waals surface area contributed by atoms with Crippen LogP contribution in [0.3, 0.4) is 0 Å². The Bertz CT molecular complexity index is 1490. The van der Waals surface area contributed by atoms with E-state index in [0.717, 1.165) is 24.9 Å². The van der Waals surface area contributed by atoms with E-state index in [4.69, 9.17) is 9.97 Å². The topological polar surface area (TPSA) is 87.2 Å². The van der Waals surface area contributed by atoms with Crippen molar-refractivity contribution in [1.29, 1.82) is 0 Å². The molecule has 200 valence electrons. The van der Waals surface area contributed by atoms with Crippen LogP contribution in [-0.4, -0.2) is 46.4 Å². The maximum absolute atomic E-state index is 13.6. The van der Waals surface area contributed by atoms with Gasteiger partial charge in [0, 0.05) is 44.2 Å². The Kier molecular flexibility index (Phi) is 7.76. The van der Waals surface area contributed by atoms with E-state index in [1.54, 1.807) is 31.2 Å². The molecular formula is C30H29F2N5O2. The minimum absolute atomic E-state index is 0.0657. The molecule has 5 rings (SSSR count). The van der Waals surface area contributed by atoms with Crippen molar-refractivity contribution in [3.8, 4) is 22.5 Å². The lowest BCUT2D eigenvalue weighted by molar-refractivity contribution is -0.130. The summed E-state index contributed by atoms with van der Waals surface area (Å²) in [7, 11) is 0. The first-order valence-electron chi connectivity index (χ1n) is 13.0. The summed E-state index contributed by atoms with van der Waals surface area (Å²) >= 11 is 0. The Morgan fingerprint density at radius 2 is 1.49 bits per heavy atom. The molecule has 1 fully saturated rings. The van der Waals surface area contributed by atoms with Gasteiger partial charge in [0.05, 0.1) is 22.4 Å². The Morgan fingerprint density at radius 3 is 2.10 bits per heavy atom. The van der Waals surface area contributed by atoms with Gasteiger partial charge in [0.2, 0.25) is 5.91 Å². The number of likely N-dealkylation sites (tertiary alicyclic amines) is 1. The van der Waals surface area contributed by atoms with E-state index >= 15 is 0 Å². The second-order valence-corrected chi connectivity index (χ2v) is 9.79. The molecule has 0 saturated carbocycles. The molecule has 2 heterocycles. The third kappa shape index (κ3) is 6.37. The van der Waals surface area contributed by atoms with Crippen LogP contribution in [0, 0.1) is 17.6 Å². The van der Waals surface area contributed by atoms with Gasteiger partial charge in [-0.05, 0) is 85.0 Å². The minimum atomic E-state index is -0.359. The van der Waals surface area contributed by atoms with Crippen LogP contribution in [0.5, 0.6) is 0 Å². The van der Waals surface area contributed by atoms with Gasteiger partial charge in [-0.15, -0.1) is 0 Å². The molecule has 0 spiro atoms. The van der Waals surface area contributed by atoms with Crippen LogP contribution in [0.2, 0.25) is 0 Å². The van der Waals surface area contributed by atoms with Crippen molar-refractivity contribution in [3.05, 3.63) is 83.9 Å². The smallest absolute Gasteiger partial charge is 0.315 e. The minimum Gasteiger partial charge on any atom is -0.343 e. The summed E-state index contributed by atoms with van der Waals surface area (Å²) in [5.41, 5.74) is 4.57. The van der Waals surface area contributed by atoms with E-state index in [1.807, 2.05) is 23.1 Å². The predicted molar refractivity (Wildman–Crippen MR) is 146 cm³/mol. The van der Waals surface area contributed by atoms with Crippen LogP contribution in [0.15, 0.2) is 66.7 Å². The highest BCUT2D eigenvalue weighted by Gasteiger charge is 2.22. The molecule has 1 atom stereocenters. The summed E-state index contributed by atoms with van der Waals surface area (Å²) in [6, 6.07) is 17.3. The first-order valence-corrected chi connectivity index (χ1v) is 13.0. The number of amides is 3. The Labute approximate surface area is 225 Å². The van der Waals surface area contributed by atoms with Crippen LogP contribution in [0.4, 0.5) is 13.6 Å². The van der Waals surface area contributed by atoms with Crippen LogP contribution in [0.1, 0.15) is 25.3 Å². The van der Waals surface area contributed by atoms with E-state index < -0.39 is 0 Å². The number of nitrogens with zero attached hydrogens (tertiary/aromatic N) is 3. The number of halogens is 2. The fourth-order valence-corrected chi connectivity index (χ4v) is 4.83. The SMILES string of the molecule is CC(=O)N1CCCC(CNC(=O)NCc2ccc3nc(-c4ccc(F)cc4)c(-c4ccc(F)cc4)nc3c2)C1. The van der Waals surface area contributed by atoms with Crippen molar-refractivity contribution in [3.63, 3.8) is 0 Å². The fourth-order valence-electron chi connectivity index (χ4n) is 4.83. The second-order valence-electron chi connectivity index (χ2n) is 9.79. The number of hydrogen-bond donors (Lipinski definition) is 2. The molecule has 7 nitrogen and oxygen atoms in total. The molecule has 9 heteroatoms. The van der Waals surface area contributed by atoms with E-state index in [2.05, 4.69) is 10.6 Å². The molecule has 0 bridgehead atoms. The van der Waals surface area contributed by atoms with Gasteiger partial charge in [0.15, 0.2) is 0 Å². The molecule has 3 aromatic carbocycles. The standard InChI is InChI=1S/C30H29F2N5O2/c1-19(38)37-14-2-3-21(18-37)17-34-30(39)33-16-20-4-13-26-27(15-20)36-29(23-7-11-25(32)12-8-23)28(35-26)22-5-9-24(31)10-6-22/h4-13,15,21H,2-3,14,16-18H2,1H3,(H2,33,34,39). The lowest BCUT2D eigenvalue weighted by Crippen LogP contribution is -2.44. The highest BCUT2D eigenvalue weighted by Crippen LogP contribution is 2.31. The second kappa shape index (κ2) is 11.6. The first-order chi connectivity index (χ1) is 18.9. The number of carbonyl (C=O) groups is 2. The Balaban J connectivity index is 1.32. The van der Waals surface area contributed by atoms with Gasteiger partial charge in [0.1, 0.15) is 11.6 Å². The van der Waals surface area contributed by atoms with E-state index in [0.29, 0.717) is 53.2 Å². The highest BCUT2D eigenvalue weighted by atomic mass is 19.1. The number of fused-ring (bicyclic) bond motifs is 1. The number of benzene rings is 3. The van der Waals surface area contributed by atoms with Gasteiger partial charge in [-0.1, -0.05) is 6.07 Å². The summed E-state index contributed by atoms with van der Waals surface area (Å²) in [5, 5.41) is 5.79. The van der Waals surface area contributed by atoms with Gasteiger partial charge >= 0.3 is 6.03 Å². The number of aromatic nitrogens is 2. The van der Waals surface area contributed by atoms with Gasteiger partial charge in [0.25, 0.3) is 0 Å². The zero-order valence-electron chi connectivity index (χ0n) is 21.6. The molecule has 1 aromatic heterocycles. The van der Waals surface area contributed by atoms with E-state index in [9.17, 15) is 18.4 Å². The van der Waals surface area contributed by atoms with Crippen molar-refractivity contribution in [2.75, 3.05) is 19.6 Å². The Morgan fingerprint density at radius 1 is 0.872 bits per heavy atom. The van der Waals surface area contributed by atoms with Crippen LogP contribution in [0.25, 0.3) is 33.5 Å². The summed E-state index contributed by atoms with van der Waals surface area (Å²) in [6.45, 7) is 3.81. The number of piperidine rings is 1. The number of carbonyl (C=O) groups excluding carboxylic acids is 2. The van der Waals surface area contributed by atoms with Crippen molar-refractivity contribution >= 4 is 23.0 Å². The monoisotopic (exact) mass is 529 g/mol. The summed E-state index contributed by atoms with van der Waals surface area (Å²) in [4.78, 5) is 35.6. The zero-order chi connectivity index (χ0) is 27.4. The molecule has 1 unspecified atom stereocenters. The van der Waals surface area contributed by atoms with Gasteiger partial charge in [-0.25, -0.2) is 23.5 Å². The van der Waals surface area contributed by atoms with Gasteiger partial charge < -0.3 is 15.5 Å². The molecule has 4 aromatic rings. The fraction of sp³-hybridized carbons (Fsp3) is 0.267. The third-order valence-electron chi connectivity index (χ3n) is 6.93. The lowest BCUT2D eigenvalue weighted by Gasteiger charge is -2.32. The third-order valence-corrected chi connectivity index (χ3v) is 6.93. The lowest BCUT2D eigenvalue weighted by atomic mass is 9.98. The average molecular weight is 530 g/mol. The molecule has 0 aliphatic carbocycles. The molecule has 39 heavy (non-hydrogen) atoms. The average Bonchev–Trinajstić information content (AvgIpc) is 2.95. The normalized spacial score (nSPS) is 15.3. The summed E-state index contributed by atoms with van der Waals surface area (Å²) in [6.07, 6.45) is 1.91. The maximum atomic E-state index is 13.6. The van der Waals surface area contributed by atoms with Crippen molar-refractivity contribution in [1.82, 2.24) is 25.5 Å². The molecule has 3 amide bonds. The van der Waals surface area contributed by atoms with Crippen molar-refractivity contribution < 1.29 is 18.4 Å². The molecule has 1 aliphatic heterocycles. The Hall–Kier alpha value is -4.40. The van der Waals surface area contributed by atoms with Crippen molar-refractivity contribution in [2.24, 2.45) is 5.92 Å². The van der Waals surface area contributed by atoms with E-state index in [1.165, 1.54) is 24.3 Å². The summed E-state index contributed by atoms with van der Waals surface area (Å²) < 4.78 is 27.2. The molecule has 1 saturated heterocycles. The molecule has 2 N–H and O–H groups in total. The summed E-state index contributed by atoms with van der Waals surface area (Å²) in [5.74, 6) is -0.406. The van der Waals surface area contributed by atoms with Crippen molar-refractivity contribution in [2.45, 2.75) is 26.3 Å². The van der Waals surface area contributed by atoms with Crippen LogP contribution in [-0.2, 0) is 11.3 Å². The van der Waals surface area contributed by atoms with Crippen LogP contribution < -0.4 is 10.6 Å². The number of rotatable bonds is 6. The number of urea groups is 1. The first kappa shape index (κ1) is 26.2. The van der Waals surface area contributed by atoms with E-state index in [-0.39, 0.29) is 29.5 Å². The molecule has 0 radical (unpaired) electrons. The van der Waals surface area contributed by atoms with Gasteiger partial charge in [-0.2, -0.15) is 0 Å². The quantitative estimate of drug-likeness (QED) is 0.355.